The molecule has 2 aromatic rings. The van der Waals surface area contributed by atoms with Gasteiger partial charge < -0.3 is 10.2 Å². The summed E-state index contributed by atoms with van der Waals surface area (Å²) in [6.45, 7) is 4.90. The second-order valence-corrected chi connectivity index (χ2v) is 9.21. The van der Waals surface area contributed by atoms with Crippen molar-refractivity contribution in [2.75, 3.05) is 30.7 Å². The van der Waals surface area contributed by atoms with Crippen LogP contribution in [-0.4, -0.2) is 46.4 Å². The fourth-order valence-corrected chi connectivity index (χ4v) is 4.95. The van der Waals surface area contributed by atoms with Crippen LogP contribution in [0.2, 0.25) is 0 Å². The van der Waals surface area contributed by atoms with E-state index in [1.54, 1.807) is 11.3 Å². The molecule has 0 radical (unpaired) electrons. The van der Waals surface area contributed by atoms with Crippen LogP contribution in [0.25, 0.3) is 0 Å². The monoisotopic (exact) mass is 382 g/mol. The molecule has 0 bridgehead atoms. The van der Waals surface area contributed by atoms with E-state index in [0.717, 1.165) is 54.3 Å². The first-order valence-corrected chi connectivity index (χ1v) is 10.9. The summed E-state index contributed by atoms with van der Waals surface area (Å²) in [6.07, 6.45) is 3.23. The van der Waals surface area contributed by atoms with Crippen molar-refractivity contribution >= 4 is 45.5 Å². The lowest BCUT2D eigenvalue weighted by Gasteiger charge is -2.30. The number of likely N-dealkylation sites (tertiary alicyclic amines) is 1. The molecule has 1 aliphatic rings. The van der Waals surface area contributed by atoms with Gasteiger partial charge in [-0.05, 0) is 36.6 Å². The first-order chi connectivity index (χ1) is 11.7. The number of hydrogen-bond donors (Lipinski definition) is 1. The molecule has 130 valence electrons. The van der Waals surface area contributed by atoms with Crippen molar-refractivity contribution in [3.63, 3.8) is 0 Å². The number of anilines is 1. The summed E-state index contributed by atoms with van der Waals surface area (Å²) >= 11 is 4.78. The molecule has 0 spiro atoms. The fourth-order valence-electron chi connectivity index (χ4n) is 2.56. The molecule has 1 saturated heterocycles. The number of carbonyl (C=O) groups excluding carboxylic acids is 1. The molecule has 0 atom stereocenters. The Morgan fingerprint density at radius 2 is 2.25 bits per heavy atom. The highest BCUT2D eigenvalue weighted by Crippen LogP contribution is 2.26. The van der Waals surface area contributed by atoms with Crippen molar-refractivity contribution in [3.8, 4) is 0 Å². The standard InChI is InChI=1S/C16H22N4OS3/c1-12-5-8-20(9-6-12)14(21)11-23-16-19-18-15(24-16)17-7-4-13-3-2-10-22-13/h2-3,10,12H,4-9,11H2,1H3,(H,17,18). The lowest BCUT2D eigenvalue weighted by Crippen LogP contribution is -2.38. The fraction of sp³-hybridized carbons (Fsp3) is 0.562. The third-order valence-electron chi connectivity index (χ3n) is 4.09. The third kappa shape index (κ3) is 5.19. The zero-order valence-corrected chi connectivity index (χ0v) is 16.2. The van der Waals surface area contributed by atoms with E-state index >= 15 is 0 Å². The van der Waals surface area contributed by atoms with Crippen LogP contribution in [-0.2, 0) is 11.2 Å². The predicted molar refractivity (Wildman–Crippen MR) is 102 cm³/mol. The van der Waals surface area contributed by atoms with Crippen LogP contribution in [0.1, 0.15) is 24.6 Å². The number of amides is 1. The van der Waals surface area contributed by atoms with Crippen LogP contribution in [0.4, 0.5) is 5.13 Å². The number of thiophene rings is 1. The van der Waals surface area contributed by atoms with Gasteiger partial charge in [0.25, 0.3) is 0 Å². The predicted octanol–water partition coefficient (Wildman–Crippen LogP) is 3.60. The average molecular weight is 383 g/mol. The van der Waals surface area contributed by atoms with Crippen molar-refractivity contribution in [1.29, 1.82) is 0 Å². The number of hydrogen-bond acceptors (Lipinski definition) is 7. The number of nitrogens with one attached hydrogen (secondary N) is 1. The van der Waals surface area contributed by atoms with Gasteiger partial charge in [0.15, 0.2) is 4.34 Å². The molecule has 3 rings (SSSR count). The lowest BCUT2D eigenvalue weighted by molar-refractivity contribution is -0.129. The minimum absolute atomic E-state index is 0.217. The SMILES string of the molecule is CC1CCN(C(=O)CSc2nnc(NCCc3cccs3)s2)CC1. The van der Waals surface area contributed by atoms with Crippen LogP contribution in [0, 0.1) is 5.92 Å². The summed E-state index contributed by atoms with van der Waals surface area (Å²) in [5.74, 6) is 1.42. The molecule has 0 aliphatic carbocycles. The maximum atomic E-state index is 12.2. The van der Waals surface area contributed by atoms with Crippen molar-refractivity contribution < 1.29 is 4.79 Å². The van der Waals surface area contributed by atoms with E-state index in [2.05, 4.69) is 40.0 Å². The minimum atomic E-state index is 0.217. The van der Waals surface area contributed by atoms with E-state index < -0.39 is 0 Å². The van der Waals surface area contributed by atoms with Crippen LogP contribution in [0.15, 0.2) is 21.9 Å². The van der Waals surface area contributed by atoms with E-state index in [9.17, 15) is 4.79 Å². The van der Waals surface area contributed by atoms with Crippen LogP contribution in [0.3, 0.4) is 0 Å². The van der Waals surface area contributed by atoms with Gasteiger partial charge in [0.1, 0.15) is 0 Å². The quantitative estimate of drug-likeness (QED) is 0.742. The molecule has 0 aromatic carbocycles. The highest BCUT2D eigenvalue weighted by atomic mass is 32.2. The van der Waals surface area contributed by atoms with Gasteiger partial charge in [0.2, 0.25) is 11.0 Å². The molecule has 1 N–H and O–H groups in total. The second-order valence-electron chi connectivity index (χ2n) is 5.98. The Morgan fingerprint density at radius 3 is 3.00 bits per heavy atom. The van der Waals surface area contributed by atoms with Crippen molar-refractivity contribution in [2.45, 2.75) is 30.5 Å². The number of rotatable bonds is 7. The summed E-state index contributed by atoms with van der Waals surface area (Å²) < 4.78 is 0.854. The third-order valence-corrected chi connectivity index (χ3v) is 7.02. The minimum Gasteiger partial charge on any atom is -0.360 e. The first-order valence-electron chi connectivity index (χ1n) is 8.21. The molecule has 1 fully saturated rings. The van der Waals surface area contributed by atoms with Gasteiger partial charge >= 0.3 is 0 Å². The first kappa shape index (κ1) is 17.7. The smallest absolute Gasteiger partial charge is 0.233 e. The summed E-state index contributed by atoms with van der Waals surface area (Å²) in [4.78, 5) is 15.6. The zero-order valence-electron chi connectivity index (χ0n) is 13.7. The topological polar surface area (TPSA) is 58.1 Å². The number of thioether (sulfide) groups is 1. The van der Waals surface area contributed by atoms with Crippen molar-refractivity contribution in [1.82, 2.24) is 15.1 Å². The molecule has 0 unspecified atom stereocenters. The summed E-state index contributed by atoms with van der Waals surface area (Å²) in [5.41, 5.74) is 0. The normalized spacial score (nSPS) is 15.6. The van der Waals surface area contributed by atoms with E-state index in [1.165, 1.54) is 28.0 Å². The number of carbonyl (C=O) groups is 1. The molecule has 2 aromatic heterocycles. The van der Waals surface area contributed by atoms with Gasteiger partial charge in [-0.25, -0.2) is 0 Å². The molecular weight excluding hydrogens is 360 g/mol. The van der Waals surface area contributed by atoms with E-state index in [-0.39, 0.29) is 5.91 Å². The molecule has 5 nitrogen and oxygen atoms in total. The largest absolute Gasteiger partial charge is 0.360 e. The maximum Gasteiger partial charge on any atom is 0.233 e. The van der Waals surface area contributed by atoms with Gasteiger partial charge in [-0.2, -0.15) is 0 Å². The Hall–Kier alpha value is -1.12. The highest BCUT2D eigenvalue weighted by Gasteiger charge is 2.20. The van der Waals surface area contributed by atoms with Crippen molar-refractivity contribution in [3.05, 3.63) is 22.4 Å². The van der Waals surface area contributed by atoms with E-state index in [1.807, 2.05) is 4.90 Å². The Kier molecular flexibility index (Phi) is 6.51. The second kappa shape index (κ2) is 8.82. The number of piperidine rings is 1. The number of aromatic nitrogens is 2. The Morgan fingerprint density at radius 1 is 1.42 bits per heavy atom. The van der Waals surface area contributed by atoms with Gasteiger partial charge in [-0.15, -0.1) is 21.5 Å². The Balaban J connectivity index is 1.38. The lowest BCUT2D eigenvalue weighted by atomic mass is 9.99. The van der Waals surface area contributed by atoms with Gasteiger partial charge in [0.05, 0.1) is 5.75 Å². The summed E-state index contributed by atoms with van der Waals surface area (Å²) in [7, 11) is 0. The molecule has 1 aliphatic heterocycles. The van der Waals surface area contributed by atoms with Crippen LogP contribution >= 0.6 is 34.4 Å². The Bertz CT molecular complexity index is 636. The molecule has 24 heavy (non-hydrogen) atoms. The van der Waals surface area contributed by atoms with Gasteiger partial charge in [-0.3, -0.25) is 4.79 Å². The molecule has 3 heterocycles. The van der Waals surface area contributed by atoms with Crippen LogP contribution < -0.4 is 5.32 Å². The van der Waals surface area contributed by atoms with Crippen molar-refractivity contribution in [2.24, 2.45) is 5.92 Å². The molecule has 8 heteroatoms. The maximum absolute atomic E-state index is 12.2. The number of nitrogens with zero attached hydrogens (tertiary/aromatic N) is 3. The molecule has 0 saturated carbocycles. The van der Waals surface area contributed by atoms with Gasteiger partial charge in [0, 0.05) is 24.5 Å². The van der Waals surface area contributed by atoms with E-state index in [0.29, 0.717) is 5.75 Å². The summed E-state index contributed by atoms with van der Waals surface area (Å²) in [6, 6.07) is 4.21. The Labute approximate surface area is 154 Å². The van der Waals surface area contributed by atoms with Gasteiger partial charge in [-0.1, -0.05) is 36.1 Å². The molecule has 1 amide bonds. The zero-order chi connectivity index (χ0) is 16.8. The molecular formula is C16H22N4OS3. The van der Waals surface area contributed by atoms with E-state index in [4.69, 9.17) is 0 Å². The summed E-state index contributed by atoms with van der Waals surface area (Å²) in [5, 5.41) is 14.5. The average Bonchev–Trinajstić information content (AvgIpc) is 3.25. The van der Waals surface area contributed by atoms with Crippen LogP contribution in [0.5, 0.6) is 0 Å². The highest BCUT2D eigenvalue weighted by molar-refractivity contribution is 8.01.